The number of carbonyl (C=O) groups is 1. The number of anilines is 2. The Labute approximate surface area is 114 Å². The molecule has 1 aromatic rings. The highest BCUT2D eigenvalue weighted by atomic mass is 16.2. The van der Waals surface area contributed by atoms with Crippen LogP contribution in [0.3, 0.4) is 0 Å². The number of rotatable bonds is 1. The third-order valence-electron chi connectivity index (χ3n) is 4.18. The summed E-state index contributed by atoms with van der Waals surface area (Å²) < 4.78 is 0. The lowest BCUT2D eigenvalue weighted by Gasteiger charge is -2.37. The smallest absolute Gasteiger partial charge is 0.244 e. The van der Waals surface area contributed by atoms with E-state index >= 15 is 0 Å². The number of amides is 1. The molecular formula is C15H21N3O. The number of hydrogen-bond donors (Lipinski definition) is 1. The average molecular weight is 259 g/mol. The summed E-state index contributed by atoms with van der Waals surface area (Å²) in [6.45, 7) is 4.73. The number of carbonyl (C=O) groups excluding carboxylic acids is 1. The standard InChI is InChI=1S/C15H21N3O/c1-11-5-3-7-13-14(11)18(10-9-17(13)2)15(19)12-6-4-8-16-12/h3,5,7,12,16H,4,6,8-10H2,1-2H3/t12-/m0/s1. The summed E-state index contributed by atoms with van der Waals surface area (Å²) in [5.74, 6) is 0.237. The van der Waals surface area contributed by atoms with Crippen molar-refractivity contribution < 1.29 is 4.79 Å². The number of para-hydroxylation sites is 1. The lowest BCUT2D eigenvalue weighted by Crippen LogP contribution is -2.49. The maximum Gasteiger partial charge on any atom is 0.244 e. The second-order valence-corrected chi connectivity index (χ2v) is 5.50. The highest BCUT2D eigenvalue weighted by Gasteiger charge is 2.32. The van der Waals surface area contributed by atoms with Crippen LogP contribution in [0.5, 0.6) is 0 Å². The first kappa shape index (κ1) is 12.5. The minimum Gasteiger partial charge on any atom is -0.371 e. The van der Waals surface area contributed by atoms with E-state index in [4.69, 9.17) is 0 Å². The molecule has 0 radical (unpaired) electrons. The predicted molar refractivity (Wildman–Crippen MR) is 77.8 cm³/mol. The molecule has 2 heterocycles. The Hall–Kier alpha value is -1.55. The normalized spacial score (nSPS) is 22.5. The second-order valence-electron chi connectivity index (χ2n) is 5.50. The first-order chi connectivity index (χ1) is 9.18. The number of benzene rings is 1. The molecule has 3 rings (SSSR count). The number of fused-ring (bicyclic) bond motifs is 1. The van der Waals surface area contributed by atoms with E-state index in [1.54, 1.807) is 0 Å². The zero-order valence-corrected chi connectivity index (χ0v) is 11.6. The van der Waals surface area contributed by atoms with Crippen LogP contribution < -0.4 is 15.1 Å². The van der Waals surface area contributed by atoms with Gasteiger partial charge in [-0.05, 0) is 37.9 Å². The molecular weight excluding hydrogens is 238 g/mol. The van der Waals surface area contributed by atoms with Gasteiger partial charge in [-0.2, -0.15) is 0 Å². The topological polar surface area (TPSA) is 35.6 Å². The second kappa shape index (κ2) is 4.85. The van der Waals surface area contributed by atoms with E-state index in [0.29, 0.717) is 0 Å². The molecule has 0 unspecified atom stereocenters. The van der Waals surface area contributed by atoms with Crippen LogP contribution in [0.2, 0.25) is 0 Å². The summed E-state index contributed by atoms with van der Waals surface area (Å²) in [6.07, 6.45) is 2.07. The fourth-order valence-electron chi connectivity index (χ4n) is 3.09. The summed E-state index contributed by atoms with van der Waals surface area (Å²) >= 11 is 0. The molecule has 1 saturated heterocycles. The molecule has 0 spiro atoms. The minimum atomic E-state index is 0.0101. The van der Waals surface area contributed by atoms with E-state index in [9.17, 15) is 4.79 Å². The summed E-state index contributed by atoms with van der Waals surface area (Å²) in [5.41, 5.74) is 3.43. The van der Waals surface area contributed by atoms with Crippen molar-refractivity contribution in [2.45, 2.75) is 25.8 Å². The van der Waals surface area contributed by atoms with Crippen LogP contribution in [-0.2, 0) is 4.79 Å². The van der Waals surface area contributed by atoms with Gasteiger partial charge >= 0.3 is 0 Å². The van der Waals surface area contributed by atoms with Gasteiger partial charge in [0, 0.05) is 20.1 Å². The summed E-state index contributed by atoms with van der Waals surface area (Å²) in [7, 11) is 2.09. The lowest BCUT2D eigenvalue weighted by molar-refractivity contribution is -0.120. The molecule has 19 heavy (non-hydrogen) atoms. The van der Waals surface area contributed by atoms with Gasteiger partial charge in [-0.1, -0.05) is 12.1 Å². The Balaban J connectivity index is 1.96. The van der Waals surface area contributed by atoms with Crippen molar-refractivity contribution in [3.05, 3.63) is 23.8 Å². The maximum absolute atomic E-state index is 12.7. The third-order valence-corrected chi connectivity index (χ3v) is 4.18. The maximum atomic E-state index is 12.7. The number of aryl methyl sites for hydroxylation is 1. The summed E-state index contributed by atoms with van der Waals surface area (Å²) in [6, 6.07) is 6.26. The first-order valence-corrected chi connectivity index (χ1v) is 7.04. The minimum absolute atomic E-state index is 0.0101. The van der Waals surface area contributed by atoms with Gasteiger partial charge in [-0.3, -0.25) is 4.79 Å². The molecule has 0 saturated carbocycles. The molecule has 2 aliphatic heterocycles. The molecule has 1 aromatic carbocycles. The lowest BCUT2D eigenvalue weighted by atomic mass is 10.1. The van der Waals surface area contributed by atoms with E-state index in [2.05, 4.69) is 42.4 Å². The fourth-order valence-corrected chi connectivity index (χ4v) is 3.09. The zero-order chi connectivity index (χ0) is 13.4. The quantitative estimate of drug-likeness (QED) is 0.831. The molecule has 4 heteroatoms. The van der Waals surface area contributed by atoms with Gasteiger partial charge in [0.05, 0.1) is 17.4 Å². The molecule has 0 bridgehead atoms. The van der Waals surface area contributed by atoms with Crippen LogP contribution in [0.4, 0.5) is 11.4 Å². The molecule has 1 atom stereocenters. The van der Waals surface area contributed by atoms with Gasteiger partial charge in [0.25, 0.3) is 0 Å². The molecule has 4 nitrogen and oxygen atoms in total. The molecule has 1 fully saturated rings. The number of nitrogens with one attached hydrogen (secondary N) is 1. The average Bonchev–Trinajstić information content (AvgIpc) is 2.93. The largest absolute Gasteiger partial charge is 0.371 e. The molecule has 1 amide bonds. The van der Waals surface area contributed by atoms with Crippen molar-refractivity contribution in [3.8, 4) is 0 Å². The van der Waals surface area contributed by atoms with E-state index in [1.165, 1.54) is 5.56 Å². The summed E-state index contributed by atoms with van der Waals surface area (Å²) in [4.78, 5) is 16.9. The predicted octanol–water partition coefficient (Wildman–Crippen LogP) is 1.53. The van der Waals surface area contributed by atoms with E-state index < -0.39 is 0 Å². The molecule has 0 aromatic heterocycles. The molecule has 2 aliphatic rings. The Bertz CT molecular complexity index is 494. The van der Waals surface area contributed by atoms with Crippen LogP contribution in [-0.4, -0.2) is 38.6 Å². The Morgan fingerprint density at radius 3 is 2.95 bits per heavy atom. The van der Waals surface area contributed by atoms with Crippen molar-refractivity contribution in [1.29, 1.82) is 0 Å². The Morgan fingerprint density at radius 1 is 1.37 bits per heavy atom. The van der Waals surface area contributed by atoms with E-state index in [1.807, 2.05) is 4.90 Å². The number of nitrogens with zero attached hydrogens (tertiary/aromatic N) is 2. The number of hydrogen-bond acceptors (Lipinski definition) is 3. The Morgan fingerprint density at radius 2 is 2.21 bits per heavy atom. The van der Waals surface area contributed by atoms with Crippen molar-refractivity contribution in [2.24, 2.45) is 0 Å². The van der Waals surface area contributed by atoms with Gasteiger partial charge in [-0.15, -0.1) is 0 Å². The van der Waals surface area contributed by atoms with E-state index in [0.717, 1.165) is 43.9 Å². The van der Waals surface area contributed by atoms with Crippen LogP contribution in [0, 0.1) is 6.92 Å². The van der Waals surface area contributed by atoms with Crippen LogP contribution in [0.25, 0.3) is 0 Å². The highest BCUT2D eigenvalue weighted by molar-refractivity contribution is 6.01. The third kappa shape index (κ3) is 2.10. The molecule has 1 N–H and O–H groups in total. The fraction of sp³-hybridized carbons (Fsp3) is 0.533. The van der Waals surface area contributed by atoms with Crippen molar-refractivity contribution in [3.63, 3.8) is 0 Å². The van der Waals surface area contributed by atoms with Gasteiger partial charge in [-0.25, -0.2) is 0 Å². The van der Waals surface area contributed by atoms with Crippen molar-refractivity contribution >= 4 is 17.3 Å². The van der Waals surface area contributed by atoms with Gasteiger partial charge in [0.2, 0.25) is 5.91 Å². The monoisotopic (exact) mass is 259 g/mol. The highest BCUT2D eigenvalue weighted by Crippen LogP contribution is 2.35. The molecule has 0 aliphatic carbocycles. The Kier molecular flexibility index (Phi) is 3.19. The first-order valence-electron chi connectivity index (χ1n) is 7.04. The van der Waals surface area contributed by atoms with Crippen LogP contribution in [0.15, 0.2) is 18.2 Å². The van der Waals surface area contributed by atoms with Crippen molar-refractivity contribution in [2.75, 3.05) is 36.5 Å². The van der Waals surface area contributed by atoms with E-state index in [-0.39, 0.29) is 11.9 Å². The van der Waals surface area contributed by atoms with Gasteiger partial charge in [0.15, 0.2) is 0 Å². The summed E-state index contributed by atoms with van der Waals surface area (Å²) in [5, 5.41) is 3.31. The zero-order valence-electron chi connectivity index (χ0n) is 11.6. The van der Waals surface area contributed by atoms with Crippen LogP contribution >= 0.6 is 0 Å². The number of likely N-dealkylation sites (N-methyl/N-ethyl adjacent to an activating group) is 1. The van der Waals surface area contributed by atoms with Crippen LogP contribution in [0.1, 0.15) is 18.4 Å². The van der Waals surface area contributed by atoms with Gasteiger partial charge in [0.1, 0.15) is 0 Å². The van der Waals surface area contributed by atoms with Crippen molar-refractivity contribution in [1.82, 2.24) is 5.32 Å². The SMILES string of the molecule is Cc1cccc2c1N(C(=O)[C@@H]1CCCN1)CCN2C. The molecule has 102 valence electrons. The van der Waals surface area contributed by atoms with Gasteiger partial charge < -0.3 is 15.1 Å².